The van der Waals surface area contributed by atoms with Gasteiger partial charge in [0, 0.05) is 5.69 Å². The van der Waals surface area contributed by atoms with Gasteiger partial charge >= 0.3 is 0 Å². The average molecular weight is 223 g/mol. The van der Waals surface area contributed by atoms with E-state index < -0.39 is 0 Å². The molecule has 78 valence electrons. The Kier molecular flexibility index (Phi) is 2.44. The van der Waals surface area contributed by atoms with Crippen molar-refractivity contribution >= 4 is 11.6 Å². The topological polar surface area (TPSA) is 43.6 Å². The number of hydrogen-bond donors (Lipinski definition) is 0. The Hall–Kier alpha value is -1.42. The number of halogens is 1. The molecule has 0 spiro atoms. The maximum atomic E-state index is 5.95. The van der Waals surface area contributed by atoms with Crippen molar-refractivity contribution in [2.24, 2.45) is 0 Å². The highest BCUT2D eigenvalue weighted by Gasteiger charge is 2.10. The Morgan fingerprint density at radius 1 is 1.13 bits per heavy atom. The van der Waals surface area contributed by atoms with Crippen molar-refractivity contribution in [2.45, 2.75) is 20.8 Å². The highest BCUT2D eigenvalue weighted by atomic mass is 35.5. The quantitative estimate of drug-likeness (QED) is 0.743. The fourth-order valence-corrected chi connectivity index (χ4v) is 1.78. The lowest BCUT2D eigenvalue weighted by molar-refractivity contribution is 0.938. The van der Waals surface area contributed by atoms with E-state index in [0.29, 0.717) is 5.28 Å². The molecule has 2 aromatic heterocycles. The van der Waals surface area contributed by atoms with Crippen LogP contribution in [0.15, 0.2) is 12.1 Å². The van der Waals surface area contributed by atoms with Gasteiger partial charge in [-0.2, -0.15) is 0 Å². The van der Waals surface area contributed by atoms with E-state index >= 15 is 0 Å². The SMILES string of the molecule is Cc1ccc(-n2c(C)nnc2Cl)c(C)n1. The molecular weight excluding hydrogens is 212 g/mol. The summed E-state index contributed by atoms with van der Waals surface area (Å²) in [6, 6.07) is 3.91. The first kappa shape index (κ1) is 10.1. The van der Waals surface area contributed by atoms with E-state index in [2.05, 4.69) is 15.2 Å². The Morgan fingerprint density at radius 2 is 1.87 bits per heavy atom. The zero-order valence-corrected chi connectivity index (χ0v) is 9.58. The summed E-state index contributed by atoms with van der Waals surface area (Å²) in [4.78, 5) is 4.38. The van der Waals surface area contributed by atoms with E-state index in [1.807, 2.05) is 32.9 Å². The van der Waals surface area contributed by atoms with Gasteiger partial charge in [0.1, 0.15) is 5.82 Å². The molecule has 0 unspecified atom stereocenters. The third-order valence-corrected chi connectivity index (χ3v) is 2.47. The van der Waals surface area contributed by atoms with Crippen molar-refractivity contribution in [1.29, 1.82) is 0 Å². The smallest absolute Gasteiger partial charge is 0.229 e. The Labute approximate surface area is 92.9 Å². The lowest BCUT2D eigenvalue weighted by atomic mass is 10.2. The molecule has 0 radical (unpaired) electrons. The molecule has 0 saturated heterocycles. The molecule has 0 N–H and O–H groups in total. The largest absolute Gasteiger partial charge is 0.268 e. The van der Waals surface area contributed by atoms with E-state index in [0.717, 1.165) is 22.9 Å². The maximum absolute atomic E-state index is 5.95. The molecule has 5 heteroatoms. The Bertz CT molecular complexity index is 485. The first-order valence-corrected chi connectivity index (χ1v) is 4.99. The summed E-state index contributed by atoms with van der Waals surface area (Å²) in [5.41, 5.74) is 2.83. The fourth-order valence-electron chi connectivity index (χ4n) is 1.53. The Morgan fingerprint density at radius 3 is 2.40 bits per heavy atom. The van der Waals surface area contributed by atoms with Crippen molar-refractivity contribution in [3.8, 4) is 5.69 Å². The van der Waals surface area contributed by atoms with E-state index in [-0.39, 0.29) is 0 Å². The summed E-state index contributed by atoms with van der Waals surface area (Å²) in [5, 5.41) is 8.08. The van der Waals surface area contributed by atoms with Gasteiger partial charge < -0.3 is 0 Å². The zero-order chi connectivity index (χ0) is 11.0. The van der Waals surface area contributed by atoms with Gasteiger partial charge in [0.05, 0.1) is 11.4 Å². The van der Waals surface area contributed by atoms with Gasteiger partial charge in [0.15, 0.2) is 0 Å². The van der Waals surface area contributed by atoms with Crippen molar-refractivity contribution in [3.63, 3.8) is 0 Å². The van der Waals surface area contributed by atoms with Crippen LogP contribution in [0.4, 0.5) is 0 Å². The van der Waals surface area contributed by atoms with Crippen molar-refractivity contribution in [2.75, 3.05) is 0 Å². The van der Waals surface area contributed by atoms with Gasteiger partial charge in [-0.25, -0.2) is 0 Å². The summed E-state index contributed by atoms with van der Waals surface area (Å²) in [6.07, 6.45) is 0. The third-order valence-electron chi connectivity index (χ3n) is 2.22. The van der Waals surface area contributed by atoms with Gasteiger partial charge in [0.25, 0.3) is 0 Å². The number of nitrogens with zero attached hydrogens (tertiary/aromatic N) is 4. The second-order valence-corrected chi connectivity index (χ2v) is 3.75. The molecule has 0 atom stereocenters. The van der Waals surface area contributed by atoms with Gasteiger partial charge in [-0.3, -0.25) is 9.55 Å². The molecule has 2 rings (SSSR count). The third kappa shape index (κ3) is 1.72. The second-order valence-electron chi connectivity index (χ2n) is 3.41. The number of aryl methyl sites for hydroxylation is 3. The maximum Gasteiger partial charge on any atom is 0.229 e. The van der Waals surface area contributed by atoms with E-state index in [4.69, 9.17) is 11.6 Å². The molecule has 0 aliphatic rings. The number of aromatic nitrogens is 4. The number of rotatable bonds is 1. The summed E-state index contributed by atoms with van der Waals surface area (Å²) >= 11 is 5.95. The van der Waals surface area contributed by atoms with Gasteiger partial charge in [-0.15, -0.1) is 10.2 Å². The van der Waals surface area contributed by atoms with Crippen LogP contribution in [0, 0.1) is 20.8 Å². The molecule has 2 aromatic rings. The van der Waals surface area contributed by atoms with Crippen LogP contribution in [-0.4, -0.2) is 19.7 Å². The minimum Gasteiger partial charge on any atom is -0.268 e. The fraction of sp³-hybridized carbons (Fsp3) is 0.300. The van der Waals surface area contributed by atoms with Crippen LogP contribution in [0.25, 0.3) is 5.69 Å². The lowest BCUT2D eigenvalue weighted by Crippen LogP contribution is -2.02. The van der Waals surface area contributed by atoms with Crippen LogP contribution in [0.3, 0.4) is 0 Å². The second kappa shape index (κ2) is 3.62. The van der Waals surface area contributed by atoms with Crippen LogP contribution >= 0.6 is 11.6 Å². The normalized spacial score (nSPS) is 10.7. The van der Waals surface area contributed by atoms with E-state index in [1.165, 1.54) is 0 Å². The molecule has 0 aliphatic carbocycles. The van der Waals surface area contributed by atoms with Gasteiger partial charge in [0.2, 0.25) is 5.28 Å². The molecule has 0 aliphatic heterocycles. The van der Waals surface area contributed by atoms with E-state index in [1.54, 1.807) is 4.57 Å². The first-order valence-electron chi connectivity index (χ1n) is 4.61. The van der Waals surface area contributed by atoms with Crippen LogP contribution < -0.4 is 0 Å². The zero-order valence-electron chi connectivity index (χ0n) is 8.82. The van der Waals surface area contributed by atoms with E-state index in [9.17, 15) is 0 Å². The molecule has 0 bridgehead atoms. The molecule has 15 heavy (non-hydrogen) atoms. The van der Waals surface area contributed by atoms with Crippen LogP contribution in [0.1, 0.15) is 17.2 Å². The monoisotopic (exact) mass is 222 g/mol. The molecule has 0 amide bonds. The minimum atomic E-state index is 0.362. The van der Waals surface area contributed by atoms with Crippen LogP contribution in [0.2, 0.25) is 5.28 Å². The predicted octanol–water partition coefficient (Wildman–Crippen LogP) is 2.24. The predicted molar refractivity (Wildman–Crippen MR) is 58.4 cm³/mol. The number of hydrogen-bond acceptors (Lipinski definition) is 3. The minimum absolute atomic E-state index is 0.362. The van der Waals surface area contributed by atoms with Crippen LogP contribution in [-0.2, 0) is 0 Å². The Balaban J connectivity index is 2.64. The number of pyridine rings is 1. The summed E-state index contributed by atoms with van der Waals surface area (Å²) < 4.78 is 1.78. The van der Waals surface area contributed by atoms with Gasteiger partial charge in [-0.05, 0) is 44.5 Å². The molecule has 4 nitrogen and oxygen atoms in total. The summed E-state index contributed by atoms with van der Waals surface area (Å²) in [7, 11) is 0. The molecular formula is C10H11ClN4. The van der Waals surface area contributed by atoms with Gasteiger partial charge in [-0.1, -0.05) is 0 Å². The lowest BCUT2D eigenvalue weighted by Gasteiger charge is -2.08. The van der Waals surface area contributed by atoms with Crippen molar-refractivity contribution < 1.29 is 0 Å². The standard InChI is InChI=1S/C10H11ClN4/c1-6-4-5-9(7(2)12-6)15-8(3)13-14-10(15)11/h4-5H,1-3H3. The van der Waals surface area contributed by atoms with Crippen molar-refractivity contribution in [3.05, 3.63) is 34.6 Å². The highest BCUT2D eigenvalue weighted by Crippen LogP contribution is 2.18. The molecule has 0 aromatic carbocycles. The first-order chi connectivity index (χ1) is 7.09. The summed E-state index contributed by atoms with van der Waals surface area (Å²) in [5.74, 6) is 0.758. The average Bonchev–Trinajstić information content (AvgIpc) is 2.48. The van der Waals surface area contributed by atoms with Crippen LogP contribution in [0.5, 0.6) is 0 Å². The summed E-state index contributed by atoms with van der Waals surface area (Å²) in [6.45, 7) is 5.76. The van der Waals surface area contributed by atoms with Crippen molar-refractivity contribution in [1.82, 2.24) is 19.7 Å². The molecule has 2 heterocycles. The molecule has 0 saturated carbocycles. The highest BCUT2D eigenvalue weighted by molar-refractivity contribution is 6.28. The molecule has 0 fully saturated rings.